The number of aromatic nitrogens is 1. The van der Waals surface area contributed by atoms with Crippen molar-refractivity contribution in [3.63, 3.8) is 0 Å². The van der Waals surface area contributed by atoms with Gasteiger partial charge in [0.2, 0.25) is 0 Å². The molecule has 17 heavy (non-hydrogen) atoms. The molecule has 0 saturated heterocycles. The zero-order chi connectivity index (χ0) is 12.3. The van der Waals surface area contributed by atoms with E-state index in [1.54, 1.807) is 27.5 Å². The number of hydrogen-bond acceptors (Lipinski definition) is 4. The lowest BCUT2D eigenvalue weighted by Crippen LogP contribution is -2.54. The van der Waals surface area contributed by atoms with Crippen molar-refractivity contribution in [3.8, 4) is 0 Å². The van der Waals surface area contributed by atoms with Crippen LogP contribution in [0.15, 0.2) is 36.7 Å². The molecular formula is C12H15NO3Si. The highest BCUT2D eigenvalue weighted by Gasteiger charge is 2.42. The van der Waals surface area contributed by atoms with Gasteiger partial charge in [-0.05, 0) is 11.5 Å². The average Bonchev–Trinajstić information content (AvgIpc) is 2.41. The lowest BCUT2D eigenvalue weighted by molar-refractivity contribution is 0.140. The largest absolute Gasteiger partial charge is 0.537 e. The maximum absolute atomic E-state index is 5.50. The maximum atomic E-state index is 5.50. The maximum Gasteiger partial charge on any atom is 0.537 e. The van der Waals surface area contributed by atoms with Gasteiger partial charge in [-0.2, -0.15) is 0 Å². The molecule has 0 fully saturated rings. The van der Waals surface area contributed by atoms with E-state index in [0.717, 1.165) is 16.0 Å². The molecule has 5 heteroatoms. The van der Waals surface area contributed by atoms with Gasteiger partial charge in [0.1, 0.15) is 0 Å². The smallest absolute Gasteiger partial charge is 0.373 e. The van der Waals surface area contributed by atoms with Gasteiger partial charge in [-0.15, -0.1) is 0 Å². The summed E-state index contributed by atoms with van der Waals surface area (Å²) in [6, 6.07) is 7.92. The Labute approximate surface area is 102 Å². The minimum atomic E-state index is -2.80. The fraction of sp³-hybridized carbons (Fsp3) is 0.250. The molecule has 0 aliphatic rings. The van der Waals surface area contributed by atoms with E-state index in [1.807, 2.05) is 30.5 Å². The van der Waals surface area contributed by atoms with Gasteiger partial charge in [0.15, 0.2) is 0 Å². The third-order valence-electron chi connectivity index (χ3n) is 2.82. The van der Waals surface area contributed by atoms with Crippen molar-refractivity contribution in [1.82, 2.24) is 4.98 Å². The molecule has 0 N–H and O–H groups in total. The second-order valence-corrected chi connectivity index (χ2v) is 6.45. The summed E-state index contributed by atoms with van der Waals surface area (Å²) < 4.78 is 16.5. The highest BCUT2D eigenvalue weighted by molar-refractivity contribution is 6.77. The van der Waals surface area contributed by atoms with E-state index in [2.05, 4.69) is 4.98 Å². The molecule has 1 heterocycles. The molecule has 1 aromatic heterocycles. The predicted molar refractivity (Wildman–Crippen MR) is 68.2 cm³/mol. The van der Waals surface area contributed by atoms with Crippen molar-refractivity contribution < 1.29 is 13.3 Å². The van der Waals surface area contributed by atoms with Gasteiger partial charge in [0.25, 0.3) is 0 Å². The molecule has 0 atom stereocenters. The number of fused-ring (bicyclic) bond motifs is 1. The van der Waals surface area contributed by atoms with Crippen LogP contribution < -0.4 is 5.19 Å². The Morgan fingerprint density at radius 2 is 1.71 bits per heavy atom. The van der Waals surface area contributed by atoms with Crippen LogP contribution in [0.25, 0.3) is 10.8 Å². The molecular weight excluding hydrogens is 234 g/mol. The van der Waals surface area contributed by atoms with Crippen LogP contribution in [-0.2, 0) is 13.3 Å². The first-order valence-corrected chi connectivity index (χ1v) is 6.98. The van der Waals surface area contributed by atoms with Gasteiger partial charge in [-0.1, -0.05) is 18.2 Å². The van der Waals surface area contributed by atoms with E-state index in [1.165, 1.54) is 0 Å². The van der Waals surface area contributed by atoms with E-state index < -0.39 is 8.80 Å². The molecule has 90 valence electrons. The number of nitrogens with zero attached hydrogens (tertiary/aromatic N) is 1. The quantitative estimate of drug-likeness (QED) is 0.766. The van der Waals surface area contributed by atoms with Crippen molar-refractivity contribution >= 4 is 24.8 Å². The number of benzene rings is 1. The van der Waals surface area contributed by atoms with Crippen LogP contribution in [0.4, 0.5) is 0 Å². The zero-order valence-electron chi connectivity index (χ0n) is 10.1. The first-order valence-electron chi connectivity index (χ1n) is 5.26. The van der Waals surface area contributed by atoms with Crippen molar-refractivity contribution in [1.29, 1.82) is 0 Å². The van der Waals surface area contributed by atoms with Crippen LogP contribution >= 0.6 is 0 Å². The highest BCUT2D eigenvalue weighted by Crippen LogP contribution is 2.15. The summed E-state index contributed by atoms with van der Waals surface area (Å²) in [5, 5.41) is 3.04. The second kappa shape index (κ2) is 4.93. The van der Waals surface area contributed by atoms with Crippen molar-refractivity contribution in [3.05, 3.63) is 36.7 Å². The fourth-order valence-corrected chi connectivity index (χ4v) is 3.96. The molecule has 0 saturated carbocycles. The minimum absolute atomic E-state index is 0.940. The van der Waals surface area contributed by atoms with Crippen LogP contribution in [-0.4, -0.2) is 35.1 Å². The minimum Gasteiger partial charge on any atom is -0.373 e. The normalized spacial score (nSPS) is 11.9. The van der Waals surface area contributed by atoms with Crippen molar-refractivity contribution in [2.75, 3.05) is 21.3 Å². The van der Waals surface area contributed by atoms with Crippen LogP contribution in [0.3, 0.4) is 0 Å². The van der Waals surface area contributed by atoms with E-state index in [0.29, 0.717) is 0 Å². The SMILES string of the molecule is CO[Si](OC)(OC)c1cccc2ccncc12. The topological polar surface area (TPSA) is 40.6 Å². The van der Waals surface area contributed by atoms with Crippen LogP contribution in [0.5, 0.6) is 0 Å². The number of hydrogen-bond donors (Lipinski definition) is 0. The van der Waals surface area contributed by atoms with Gasteiger partial charge in [-0.3, -0.25) is 4.98 Å². The lowest BCUT2D eigenvalue weighted by atomic mass is 10.2. The molecule has 0 spiro atoms. The summed E-state index contributed by atoms with van der Waals surface area (Å²) in [6.45, 7) is 0. The van der Waals surface area contributed by atoms with Crippen LogP contribution in [0.2, 0.25) is 0 Å². The summed E-state index contributed by atoms with van der Waals surface area (Å²) in [5.41, 5.74) is 0. The van der Waals surface area contributed by atoms with Gasteiger partial charge in [-0.25, -0.2) is 0 Å². The van der Waals surface area contributed by atoms with Gasteiger partial charge < -0.3 is 13.3 Å². The Morgan fingerprint density at radius 1 is 1.00 bits per heavy atom. The van der Waals surface area contributed by atoms with Gasteiger partial charge in [0, 0.05) is 44.3 Å². The Balaban J connectivity index is 2.69. The summed E-state index contributed by atoms with van der Waals surface area (Å²) in [7, 11) is 2.02. The third-order valence-corrected chi connectivity index (χ3v) is 5.53. The van der Waals surface area contributed by atoms with Gasteiger partial charge in [0.05, 0.1) is 0 Å². The van der Waals surface area contributed by atoms with Crippen molar-refractivity contribution in [2.45, 2.75) is 0 Å². The number of rotatable bonds is 4. The fourth-order valence-electron chi connectivity index (χ4n) is 1.96. The molecule has 0 unspecified atom stereocenters. The Hall–Kier alpha value is -1.27. The Kier molecular flexibility index (Phi) is 3.53. The molecule has 2 aromatic rings. The monoisotopic (exact) mass is 249 g/mol. The van der Waals surface area contributed by atoms with E-state index in [9.17, 15) is 0 Å². The van der Waals surface area contributed by atoms with Crippen LogP contribution in [0, 0.1) is 0 Å². The zero-order valence-corrected chi connectivity index (χ0v) is 11.1. The molecule has 0 radical (unpaired) electrons. The second-order valence-electron chi connectivity index (χ2n) is 3.57. The lowest BCUT2D eigenvalue weighted by Gasteiger charge is -2.25. The molecule has 1 aromatic carbocycles. The van der Waals surface area contributed by atoms with Gasteiger partial charge >= 0.3 is 8.80 Å². The molecule has 2 rings (SSSR count). The Morgan fingerprint density at radius 3 is 2.35 bits per heavy atom. The van der Waals surface area contributed by atoms with Crippen molar-refractivity contribution in [2.24, 2.45) is 0 Å². The summed E-state index contributed by atoms with van der Waals surface area (Å²) >= 11 is 0. The van der Waals surface area contributed by atoms with Crippen LogP contribution in [0.1, 0.15) is 0 Å². The Bertz CT molecular complexity index is 500. The molecule has 0 amide bonds. The van der Waals surface area contributed by atoms with E-state index >= 15 is 0 Å². The van der Waals surface area contributed by atoms with E-state index in [-0.39, 0.29) is 0 Å². The standard InChI is InChI=1S/C12H15NO3Si/c1-14-17(15-2,16-3)12-6-4-5-10-7-8-13-9-11(10)12/h4-9H,1-3H3. The number of pyridine rings is 1. The molecule has 0 bridgehead atoms. The molecule has 0 aliphatic carbocycles. The molecule has 0 aliphatic heterocycles. The third kappa shape index (κ3) is 1.98. The first-order chi connectivity index (χ1) is 8.27. The summed E-state index contributed by atoms with van der Waals surface area (Å²) in [5.74, 6) is 0. The first kappa shape index (κ1) is 12.2. The summed E-state index contributed by atoms with van der Waals surface area (Å²) in [4.78, 5) is 4.15. The summed E-state index contributed by atoms with van der Waals surface area (Å²) in [6.07, 6.45) is 3.57. The molecule has 4 nitrogen and oxygen atoms in total. The predicted octanol–water partition coefficient (Wildman–Crippen LogP) is 1.32. The average molecular weight is 249 g/mol. The highest BCUT2D eigenvalue weighted by atomic mass is 28.4. The van der Waals surface area contributed by atoms with E-state index in [4.69, 9.17) is 13.3 Å².